The largest absolute Gasteiger partial charge is 0.378 e. The number of nitrogens with zero attached hydrogens (tertiary/aromatic N) is 1. The van der Waals surface area contributed by atoms with Crippen LogP contribution in [0.15, 0.2) is 36.4 Å². The first kappa shape index (κ1) is 15.1. The maximum Gasteiger partial charge on any atom is 0.0391 e. The summed E-state index contributed by atoms with van der Waals surface area (Å²) in [5.41, 5.74) is 2.57. The number of anilines is 1. The Morgan fingerprint density at radius 1 is 0.950 bits per heavy atom. The first-order chi connectivity index (χ1) is 9.47. The van der Waals surface area contributed by atoms with Gasteiger partial charge in [0.2, 0.25) is 0 Å². The van der Waals surface area contributed by atoms with Crippen molar-refractivity contribution in [3.63, 3.8) is 0 Å². The maximum absolute atomic E-state index is 3.67. The smallest absolute Gasteiger partial charge is 0.0391 e. The lowest BCUT2D eigenvalue weighted by molar-refractivity contribution is 0.500. The monoisotopic (exact) mass is 288 g/mol. The van der Waals surface area contributed by atoms with Gasteiger partial charge in [0.25, 0.3) is 0 Å². The van der Waals surface area contributed by atoms with E-state index in [2.05, 4.69) is 81.5 Å². The van der Waals surface area contributed by atoms with Crippen LogP contribution in [-0.2, 0) is 0 Å². The van der Waals surface area contributed by atoms with Crippen LogP contribution in [0.1, 0.15) is 41.2 Å². The third kappa shape index (κ3) is 3.62. The van der Waals surface area contributed by atoms with E-state index in [0.717, 1.165) is 0 Å². The number of thiophene rings is 1. The molecule has 1 heterocycles. The Morgan fingerprint density at radius 3 is 2.10 bits per heavy atom. The molecular weight excluding hydrogens is 264 g/mol. The normalized spacial score (nSPS) is 14.1. The van der Waals surface area contributed by atoms with Crippen molar-refractivity contribution < 1.29 is 0 Å². The van der Waals surface area contributed by atoms with Gasteiger partial charge in [0.1, 0.15) is 0 Å². The lowest BCUT2D eigenvalue weighted by Gasteiger charge is -2.20. The Morgan fingerprint density at radius 2 is 1.60 bits per heavy atom. The molecule has 0 radical (unpaired) electrons. The van der Waals surface area contributed by atoms with E-state index in [-0.39, 0.29) is 0 Å². The molecule has 0 fully saturated rings. The van der Waals surface area contributed by atoms with E-state index in [1.165, 1.54) is 21.0 Å². The van der Waals surface area contributed by atoms with E-state index < -0.39 is 0 Å². The fourth-order valence-electron chi connectivity index (χ4n) is 2.30. The molecule has 0 spiro atoms. The zero-order chi connectivity index (χ0) is 14.7. The molecule has 0 aliphatic rings. The number of hydrogen-bond donors (Lipinski definition) is 1. The standard InChI is InChI=1S/C17H24N2S/c1-12-6-11-17(20-12)14(3)18-13(2)15-7-9-16(10-8-15)19(4)5/h6-11,13-14,18H,1-5H3. The summed E-state index contributed by atoms with van der Waals surface area (Å²) >= 11 is 1.87. The molecule has 1 aromatic carbocycles. The van der Waals surface area contributed by atoms with Crippen molar-refractivity contribution in [1.29, 1.82) is 0 Å². The van der Waals surface area contributed by atoms with Gasteiger partial charge in [-0.05, 0) is 50.6 Å². The number of nitrogens with one attached hydrogen (secondary N) is 1. The highest BCUT2D eigenvalue weighted by Crippen LogP contribution is 2.25. The van der Waals surface area contributed by atoms with Crippen LogP contribution in [0.5, 0.6) is 0 Å². The number of benzene rings is 1. The lowest BCUT2D eigenvalue weighted by Crippen LogP contribution is -2.21. The van der Waals surface area contributed by atoms with Crippen LogP contribution < -0.4 is 10.2 Å². The van der Waals surface area contributed by atoms with Crippen molar-refractivity contribution >= 4 is 17.0 Å². The van der Waals surface area contributed by atoms with Crippen molar-refractivity contribution in [2.75, 3.05) is 19.0 Å². The SMILES string of the molecule is Cc1ccc(C(C)NC(C)c2ccc(N(C)C)cc2)s1. The summed E-state index contributed by atoms with van der Waals surface area (Å²) in [7, 11) is 4.13. The molecule has 0 saturated heterocycles. The third-order valence-corrected chi connectivity index (χ3v) is 4.78. The molecule has 1 aromatic heterocycles. The highest BCUT2D eigenvalue weighted by atomic mass is 32.1. The predicted molar refractivity (Wildman–Crippen MR) is 89.8 cm³/mol. The van der Waals surface area contributed by atoms with E-state index in [0.29, 0.717) is 12.1 Å². The van der Waals surface area contributed by atoms with Gasteiger partial charge in [-0.3, -0.25) is 0 Å². The second kappa shape index (κ2) is 6.42. The second-order valence-corrected chi connectivity index (χ2v) is 6.86. The Kier molecular flexibility index (Phi) is 4.84. The predicted octanol–water partition coefficient (Wildman–Crippen LogP) is 4.53. The summed E-state index contributed by atoms with van der Waals surface area (Å²) in [6.45, 7) is 6.61. The van der Waals surface area contributed by atoms with Crippen molar-refractivity contribution in [1.82, 2.24) is 5.32 Å². The van der Waals surface area contributed by atoms with Gasteiger partial charge < -0.3 is 10.2 Å². The third-order valence-electron chi connectivity index (χ3n) is 3.60. The summed E-state index contributed by atoms with van der Waals surface area (Å²) in [5, 5.41) is 3.67. The van der Waals surface area contributed by atoms with Crippen LogP contribution >= 0.6 is 11.3 Å². The highest BCUT2D eigenvalue weighted by Gasteiger charge is 2.12. The minimum absolute atomic E-state index is 0.351. The van der Waals surface area contributed by atoms with Gasteiger partial charge in [-0.15, -0.1) is 11.3 Å². The summed E-state index contributed by atoms with van der Waals surface area (Å²) in [6, 6.07) is 13.9. The Bertz CT molecular complexity index is 542. The van der Waals surface area contributed by atoms with E-state index >= 15 is 0 Å². The number of aryl methyl sites for hydroxylation is 1. The molecule has 0 amide bonds. The molecule has 3 heteroatoms. The van der Waals surface area contributed by atoms with Crippen molar-refractivity contribution in [2.24, 2.45) is 0 Å². The molecule has 2 unspecified atom stereocenters. The summed E-state index contributed by atoms with van der Waals surface area (Å²) in [4.78, 5) is 4.90. The van der Waals surface area contributed by atoms with Crippen molar-refractivity contribution in [3.8, 4) is 0 Å². The fourth-order valence-corrected chi connectivity index (χ4v) is 3.19. The van der Waals surface area contributed by atoms with Crippen molar-refractivity contribution in [2.45, 2.75) is 32.9 Å². The van der Waals surface area contributed by atoms with Crippen LogP contribution in [0.3, 0.4) is 0 Å². The van der Waals surface area contributed by atoms with Crippen molar-refractivity contribution in [3.05, 3.63) is 51.7 Å². The molecule has 0 aliphatic carbocycles. The summed E-state index contributed by atoms with van der Waals surface area (Å²) in [5.74, 6) is 0. The molecule has 0 aliphatic heterocycles. The molecular formula is C17H24N2S. The summed E-state index contributed by atoms with van der Waals surface area (Å²) in [6.07, 6.45) is 0. The minimum Gasteiger partial charge on any atom is -0.378 e. The first-order valence-corrected chi connectivity index (χ1v) is 7.88. The van der Waals surface area contributed by atoms with Gasteiger partial charge in [-0.2, -0.15) is 0 Å². The molecule has 2 rings (SSSR count). The highest BCUT2D eigenvalue weighted by molar-refractivity contribution is 7.12. The topological polar surface area (TPSA) is 15.3 Å². The molecule has 0 saturated carbocycles. The molecule has 2 atom stereocenters. The van der Waals surface area contributed by atoms with E-state index in [9.17, 15) is 0 Å². The van der Waals surface area contributed by atoms with E-state index in [1.54, 1.807) is 0 Å². The van der Waals surface area contributed by atoms with Crippen LogP contribution in [0.4, 0.5) is 5.69 Å². The van der Waals surface area contributed by atoms with Gasteiger partial charge >= 0.3 is 0 Å². The zero-order valence-electron chi connectivity index (χ0n) is 13.0. The zero-order valence-corrected chi connectivity index (χ0v) is 13.8. The van der Waals surface area contributed by atoms with Gasteiger partial charge in [0, 0.05) is 41.6 Å². The van der Waals surface area contributed by atoms with E-state index in [1.807, 2.05) is 11.3 Å². The fraction of sp³-hybridized carbons (Fsp3) is 0.412. The minimum atomic E-state index is 0.351. The number of hydrogen-bond acceptors (Lipinski definition) is 3. The molecule has 2 aromatic rings. The van der Waals surface area contributed by atoms with Crippen LogP contribution in [-0.4, -0.2) is 14.1 Å². The number of rotatable bonds is 5. The lowest BCUT2D eigenvalue weighted by atomic mass is 10.1. The Hall–Kier alpha value is -1.32. The molecule has 2 nitrogen and oxygen atoms in total. The average Bonchev–Trinajstić information content (AvgIpc) is 2.85. The van der Waals surface area contributed by atoms with Gasteiger partial charge in [0.05, 0.1) is 0 Å². The Balaban J connectivity index is 2.02. The molecule has 1 N–H and O–H groups in total. The van der Waals surface area contributed by atoms with Crippen LogP contribution in [0.2, 0.25) is 0 Å². The average molecular weight is 288 g/mol. The first-order valence-electron chi connectivity index (χ1n) is 7.07. The quantitative estimate of drug-likeness (QED) is 0.869. The molecule has 0 bridgehead atoms. The van der Waals surface area contributed by atoms with E-state index in [4.69, 9.17) is 0 Å². The molecule has 20 heavy (non-hydrogen) atoms. The Labute approximate surface area is 126 Å². The molecule has 108 valence electrons. The van der Waals surface area contributed by atoms with Crippen LogP contribution in [0, 0.1) is 6.92 Å². The van der Waals surface area contributed by atoms with Gasteiger partial charge in [0.15, 0.2) is 0 Å². The summed E-state index contributed by atoms with van der Waals surface area (Å²) < 4.78 is 0. The van der Waals surface area contributed by atoms with Gasteiger partial charge in [-0.1, -0.05) is 12.1 Å². The van der Waals surface area contributed by atoms with Crippen LogP contribution in [0.25, 0.3) is 0 Å². The van der Waals surface area contributed by atoms with Gasteiger partial charge in [-0.25, -0.2) is 0 Å². The maximum atomic E-state index is 3.67. The second-order valence-electron chi connectivity index (χ2n) is 5.54.